The Kier molecular flexibility index (Phi) is 6.23. The van der Waals surface area contributed by atoms with E-state index in [-0.39, 0.29) is 42.1 Å². The maximum absolute atomic E-state index is 14.7. The first kappa shape index (κ1) is 24.2. The first-order valence-electron chi connectivity index (χ1n) is 10.8. The van der Waals surface area contributed by atoms with Gasteiger partial charge in [0.05, 0.1) is 30.1 Å². The van der Waals surface area contributed by atoms with Crippen molar-refractivity contribution in [1.82, 2.24) is 14.1 Å². The van der Waals surface area contributed by atoms with Crippen LogP contribution in [-0.4, -0.2) is 32.9 Å². The van der Waals surface area contributed by atoms with Gasteiger partial charge in [0.25, 0.3) is 5.56 Å². The fraction of sp³-hybridized carbons (Fsp3) is 0.333. The SMILES string of the molecule is Cc1cncc(-n2c(=O)c(Cc3cc(F)c(F)c(F)c3)c(N3CCC(C)(F)C3)n(CC#N)c2=O)c1. The molecule has 4 rings (SSSR count). The van der Waals surface area contributed by atoms with Crippen LogP contribution in [0, 0.1) is 35.7 Å². The molecule has 3 aromatic rings. The third kappa shape index (κ3) is 4.56. The van der Waals surface area contributed by atoms with Crippen molar-refractivity contribution < 1.29 is 17.6 Å². The second kappa shape index (κ2) is 9.02. The predicted molar refractivity (Wildman–Crippen MR) is 120 cm³/mol. The van der Waals surface area contributed by atoms with E-state index in [0.717, 1.165) is 21.3 Å². The van der Waals surface area contributed by atoms with Gasteiger partial charge in [0.2, 0.25) is 0 Å². The van der Waals surface area contributed by atoms with E-state index in [2.05, 4.69) is 4.98 Å². The molecule has 2 aromatic heterocycles. The Balaban J connectivity index is 2.03. The van der Waals surface area contributed by atoms with Crippen LogP contribution in [0.3, 0.4) is 0 Å². The molecule has 11 heteroatoms. The van der Waals surface area contributed by atoms with E-state index in [1.807, 2.05) is 6.07 Å². The van der Waals surface area contributed by atoms with Crippen LogP contribution >= 0.6 is 0 Å². The largest absolute Gasteiger partial charge is 0.354 e. The van der Waals surface area contributed by atoms with Crippen molar-refractivity contribution in [3.63, 3.8) is 0 Å². The summed E-state index contributed by atoms with van der Waals surface area (Å²) in [5.41, 5.74) is -2.65. The summed E-state index contributed by atoms with van der Waals surface area (Å²) in [6, 6.07) is 4.93. The summed E-state index contributed by atoms with van der Waals surface area (Å²) >= 11 is 0. The molecule has 35 heavy (non-hydrogen) atoms. The lowest BCUT2D eigenvalue weighted by atomic mass is 10.0. The van der Waals surface area contributed by atoms with Gasteiger partial charge in [-0.05, 0) is 43.2 Å². The molecule has 1 aromatic carbocycles. The van der Waals surface area contributed by atoms with Crippen molar-refractivity contribution in [2.24, 2.45) is 0 Å². The van der Waals surface area contributed by atoms with E-state index >= 15 is 0 Å². The summed E-state index contributed by atoms with van der Waals surface area (Å²) < 4.78 is 58.0. The van der Waals surface area contributed by atoms with Gasteiger partial charge in [0, 0.05) is 25.6 Å². The molecule has 1 saturated heterocycles. The van der Waals surface area contributed by atoms with Crippen LogP contribution in [0.4, 0.5) is 23.4 Å². The molecule has 1 aliphatic rings. The number of benzene rings is 1. The second-order valence-corrected chi connectivity index (χ2v) is 8.83. The number of anilines is 1. The number of hydrogen-bond donors (Lipinski definition) is 0. The summed E-state index contributed by atoms with van der Waals surface area (Å²) in [5, 5.41) is 9.43. The molecule has 182 valence electrons. The van der Waals surface area contributed by atoms with Gasteiger partial charge in [-0.1, -0.05) is 0 Å². The number of nitrogens with zero attached hydrogens (tertiary/aromatic N) is 5. The van der Waals surface area contributed by atoms with E-state index in [0.29, 0.717) is 5.56 Å². The van der Waals surface area contributed by atoms with Crippen molar-refractivity contribution in [3.8, 4) is 11.8 Å². The Morgan fingerprint density at radius 1 is 1.14 bits per heavy atom. The molecule has 0 saturated carbocycles. The molecule has 1 unspecified atom stereocenters. The molecule has 0 bridgehead atoms. The Bertz CT molecular complexity index is 1450. The number of nitriles is 1. The van der Waals surface area contributed by atoms with Crippen LogP contribution in [0.15, 0.2) is 40.2 Å². The summed E-state index contributed by atoms with van der Waals surface area (Å²) in [5.74, 6) is -4.54. The Hall–Kier alpha value is -3.94. The zero-order chi connectivity index (χ0) is 25.5. The smallest absolute Gasteiger partial charge is 0.338 e. The lowest BCUT2D eigenvalue weighted by Gasteiger charge is -2.26. The highest BCUT2D eigenvalue weighted by Gasteiger charge is 2.37. The Labute approximate surface area is 197 Å². The fourth-order valence-corrected chi connectivity index (χ4v) is 4.33. The summed E-state index contributed by atoms with van der Waals surface area (Å²) in [7, 11) is 0. The van der Waals surface area contributed by atoms with Gasteiger partial charge in [-0.2, -0.15) is 5.26 Å². The highest BCUT2D eigenvalue weighted by molar-refractivity contribution is 5.52. The predicted octanol–water partition coefficient (Wildman–Crippen LogP) is 3.17. The zero-order valence-corrected chi connectivity index (χ0v) is 19.0. The maximum Gasteiger partial charge on any atom is 0.338 e. The molecule has 7 nitrogen and oxygen atoms in total. The maximum atomic E-state index is 14.7. The number of aryl methyl sites for hydroxylation is 1. The normalized spacial score (nSPS) is 17.6. The number of hydrogen-bond acceptors (Lipinski definition) is 5. The van der Waals surface area contributed by atoms with Gasteiger partial charge in [0.15, 0.2) is 17.5 Å². The molecule has 1 atom stereocenters. The van der Waals surface area contributed by atoms with Gasteiger partial charge >= 0.3 is 5.69 Å². The minimum atomic E-state index is -1.65. The van der Waals surface area contributed by atoms with Crippen LogP contribution < -0.4 is 16.1 Å². The van der Waals surface area contributed by atoms with Crippen LogP contribution in [0.25, 0.3) is 5.69 Å². The first-order chi connectivity index (χ1) is 16.5. The van der Waals surface area contributed by atoms with Crippen molar-refractivity contribution >= 4 is 5.82 Å². The van der Waals surface area contributed by atoms with Gasteiger partial charge in [-0.25, -0.2) is 26.9 Å². The van der Waals surface area contributed by atoms with E-state index < -0.39 is 47.3 Å². The molecule has 1 fully saturated rings. The van der Waals surface area contributed by atoms with Crippen molar-refractivity contribution in [1.29, 1.82) is 5.26 Å². The third-order valence-corrected chi connectivity index (χ3v) is 5.90. The summed E-state index contributed by atoms with van der Waals surface area (Å²) in [6.45, 7) is 2.61. The fourth-order valence-electron chi connectivity index (χ4n) is 4.33. The number of rotatable bonds is 5. The lowest BCUT2D eigenvalue weighted by Crippen LogP contribution is -2.44. The topological polar surface area (TPSA) is 83.9 Å². The average molecular weight is 487 g/mol. The number of aromatic nitrogens is 3. The highest BCUT2D eigenvalue weighted by atomic mass is 19.2. The molecular formula is C24H21F4N5O2. The first-order valence-corrected chi connectivity index (χ1v) is 10.8. The number of halogens is 4. The Morgan fingerprint density at radius 3 is 2.40 bits per heavy atom. The molecule has 0 radical (unpaired) electrons. The molecule has 0 amide bonds. The quantitative estimate of drug-likeness (QED) is 0.408. The lowest BCUT2D eigenvalue weighted by molar-refractivity contribution is 0.221. The van der Waals surface area contributed by atoms with E-state index in [1.54, 1.807) is 13.0 Å². The van der Waals surface area contributed by atoms with E-state index in [4.69, 9.17) is 0 Å². The number of alkyl halides is 1. The molecule has 0 spiro atoms. The number of pyridine rings is 1. The minimum Gasteiger partial charge on any atom is -0.354 e. The van der Waals surface area contributed by atoms with Gasteiger partial charge in [-0.3, -0.25) is 14.3 Å². The van der Waals surface area contributed by atoms with Crippen LogP contribution in [0.5, 0.6) is 0 Å². The van der Waals surface area contributed by atoms with Crippen molar-refractivity contribution in [2.75, 3.05) is 18.0 Å². The van der Waals surface area contributed by atoms with E-state index in [1.165, 1.54) is 24.2 Å². The van der Waals surface area contributed by atoms with Crippen LogP contribution in [0.1, 0.15) is 30.0 Å². The third-order valence-electron chi connectivity index (χ3n) is 5.90. The van der Waals surface area contributed by atoms with Crippen molar-refractivity contribution in [2.45, 2.75) is 38.9 Å². The van der Waals surface area contributed by atoms with Gasteiger partial charge in [-0.15, -0.1) is 0 Å². The summed E-state index contributed by atoms with van der Waals surface area (Å²) in [6.07, 6.45) is 2.53. The average Bonchev–Trinajstić information content (AvgIpc) is 3.15. The van der Waals surface area contributed by atoms with Crippen LogP contribution in [0.2, 0.25) is 0 Å². The highest BCUT2D eigenvalue weighted by Crippen LogP contribution is 2.31. The van der Waals surface area contributed by atoms with E-state index in [9.17, 15) is 32.4 Å². The molecule has 1 aliphatic heterocycles. The molecular weight excluding hydrogens is 466 g/mol. The van der Waals surface area contributed by atoms with Gasteiger partial charge in [0.1, 0.15) is 18.0 Å². The molecule has 3 heterocycles. The van der Waals surface area contributed by atoms with Crippen LogP contribution in [-0.2, 0) is 13.0 Å². The monoisotopic (exact) mass is 487 g/mol. The summed E-state index contributed by atoms with van der Waals surface area (Å²) in [4.78, 5) is 32.6. The van der Waals surface area contributed by atoms with Gasteiger partial charge < -0.3 is 4.90 Å². The zero-order valence-electron chi connectivity index (χ0n) is 19.0. The second-order valence-electron chi connectivity index (χ2n) is 8.83. The molecule has 0 aliphatic carbocycles. The minimum absolute atomic E-state index is 0.00933. The molecule has 0 N–H and O–H groups in total. The Morgan fingerprint density at radius 2 is 1.83 bits per heavy atom. The standard InChI is InChI=1S/C24H21F4N5O2/c1-14-7-16(12-30-11-14)33-22(34)17(8-15-9-18(25)20(27)19(26)10-15)21(32(6-4-29)23(33)35)31-5-3-24(2,28)13-31/h7,9-12H,3,5-6,8,13H2,1-2H3. The van der Waals surface area contributed by atoms with Crippen molar-refractivity contribution in [3.05, 3.63) is 85.6 Å².